The van der Waals surface area contributed by atoms with Crippen molar-refractivity contribution in [2.45, 2.75) is 58.8 Å². The highest BCUT2D eigenvalue weighted by molar-refractivity contribution is 7.81. The fraction of sp³-hybridized carbons (Fsp3) is 0.409. The Morgan fingerprint density at radius 2 is 1.43 bits per heavy atom. The van der Waals surface area contributed by atoms with Crippen LogP contribution in [0.3, 0.4) is 0 Å². The molecular weight excluding hydrogens is 426 g/mol. The molecule has 3 N–H and O–H groups in total. The van der Waals surface area contributed by atoms with Crippen LogP contribution < -0.4 is 9.92 Å². The SMILES string of the molecule is CC(C)(C)c1cc(CC(N)=O)cc(C(C)(C)C)c1OS(=O)(=O)O.Clc1ccccc1. The molecule has 0 aromatic heterocycles. The molecule has 2 aromatic rings. The molecule has 0 heterocycles. The lowest BCUT2D eigenvalue weighted by Gasteiger charge is -2.29. The van der Waals surface area contributed by atoms with E-state index in [2.05, 4.69) is 0 Å². The molecule has 0 aliphatic rings. The Balaban J connectivity index is 0.000000539. The van der Waals surface area contributed by atoms with Gasteiger partial charge >= 0.3 is 10.4 Å². The second-order valence-corrected chi connectivity index (χ2v) is 10.4. The smallest absolute Gasteiger partial charge is 0.369 e. The number of hydrogen-bond donors (Lipinski definition) is 2. The minimum Gasteiger partial charge on any atom is -0.369 e. The van der Waals surface area contributed by atoms with E-state index < -0.39 is 27.1 Å². The maximum absolute atomic E-state index is 11.3. The second kappa shape index (κ2) is 9.81. The Labute approximate surface area is 184 Å². The Morgan fingerprint density at radius 3 is 1.70 bits per heavy atom. The molecule has 0 atom stereocenters. The molecule has 0 aliphatic carbocycles. The summed E-state index contributed by atoms with van der Waals surface area (Å²) in [6.07, 6.45) is 0.0400. The van der Waals surface area contributed by atoms with Gasteiger partial charge < -0.3 is 9.92 Å². The van der Waals surface area contributed by atoms with Crippen molar-refractivity contribution >= 4 is 27.9 Å². The lowest BCUT2D eigenvalue weighted by atomic mass is 9.78. The van der Waals surface area contributed by atoms with Crippen LogP contribution in [0.5, 0.6) is 5.75 Å². The quantitative estimate of drug-likeness (QED) is 0.642. The van der Waals surface area contributed by atoms with E-state index in [0.717, 1.165) is 5.02 Å². The molecule has 2 rings (SSSR count). The Bertz CT molecular complexity index is 940. The van der Waals surface area contributed by atoms with E-state index in [-0.39, 0.29) is 12.2 Å². The van der Waals surface area contributed by atoms with Crippen molar-refractivity contribution in [2.75, 3.05) is 0 Å². The predicted octanol–water partition coefficient (Wildman–Crippen LogP) is 4.83. The molecule has 0 spiro atoms. The van der Waals surface area contributed by atoms with Gasteiger partial charge in [0.1, 0.15) is 0 Å². The number of rotatable bonds is 4. The topological polar surface area (TPSA) is 107 Å². The van der Waals surface area contributed by atoms with Gasteiger partial charge in [-0.15, -0.1) is 0 Å². The summed E-state index contributed by atoms with van der Waals surface area (Å²) in [7, 11) is -4.67. The first kappa shape index (κ1) is 25.9. The van der Waals surface area contributed by atoms with Gasteiger partial charge in [0, 0.05) is 16.1 Å². The molecule has 30 heavy (non-hydrogen) atoms. The van der Waals surface area contributed by atoms with Gasteiger partial charge in [-0.25, -0.2) is 0 Å². The van der Waals surface area contributed by atoms with Gasteiger partial charge in [0.05, 0.1) is 6.42 Å². The van der Waals surface area contributed by atoms with Crippen LogP contribution in [0.15, 0.2) is 42.5 Å². The molecule has 0 aliphatic heterocycles. The largest absolute Gasteiger partial charge is 0.446 e. The molecule has 8 heteroatoms. The van der Waals surface area contributed by atoms with E-state index >= 15 is 0 Å². The number of primary amides is 1. The summed E-state index contributed by atoms with van der Waals surface area (Å²) in [6, 6.07) is 12.8. The van der Waals surface area contributed by atoms with Crippen molar-refractivity contribution in [1.29, 1.82) is 0 Å². The predicted molar refractivity (Wildman–Crippen MR) is 120 cm³/mol. The number of hydrogen-bond acceptors (Lipinski definition) is 4. The van der Waals surface area contributed by atoms with Crippen LogP contribution in [0.25, 0.3) is 0 Å². The third-order valence-corrected chi connectivity index (χ3v) is 4.69. The van der Waals surface area contributed by atoms with Gasteiger partial charge in [0.2, 0.25) is 5.91 Å². The Morgan fingerprint density at radius 1 is 1.00 bits per heavy atom. The lowest BCUT2D eigenvalue weighted by molar-refractivity contribution is -0.117. The molecule has 0 fully saturated rings. The van der Waals surface area contributed by atoms with Crippen LogP contribution in [-0.2, 0) is 32.4 Å². The number of carbonyl (C=O) groups excluding carboxylic acids is 1. The molecule has 166 valence electrons. The van der Waals surface area contributed by atoms with E-state index in [0.29, 0.717) is 16.7 Å². The molecule has 0 unspecified atom stereocenters. The molecule has 6 nitrogen and oxygen atoms in total. The van der Waals surface area contributed by atoms with Gasteiger partial charge in [0.25, 0.3) is 0 Å². The first-order valence-corrected chi connectivity index (χ1v) is 11.1. The normalized spacial score (nSPS) is 12.0. The Kier molecular flexibility index (Phi) is 8.49. The van der Waals surface area contributed by atoms with Crippen LogP contribution in [0.4, 0.5) is 0 Å². The maximum Gasteiger partial charge on any atom is 0.446 e. The zero-order chi connectivity index (χ0) is 23.3. The first-order chi connectivity index (χ1) is 13.5. The van der Waals surface area contributed by atoms with Crippen LogP contribution in [-0.4, -0.2) is 18.9 Å². The number of amides is 1. The number of benzene rings is 2. The number of carbonyl (C=O) groups is 1. The summed E-state index contributed by atoms with van der Waals surface area (Å²) in [6.45, 7) is 11.3. The fourth-order valence-electron chi connectivity index (χ4n) is 2.72. The van der Waals surface area contributed by atoms with E-state index in [1.807, 2.05) is 71.9 Å². The molecule has 0 radical (unpaired) electrons. The maximum atomic E-state index is 11.3. The molecular formula is C22H30ClNO5S. The average Bonchev–Trinajstić information content (AvgIpc) is 2.53. The third-order valence-electron chi connectivity index (χ3n) is 4.06. The minimum absolute atomic E-state index is 0.0400. The average molecular weight is 456 g/mol. The van der Waals surface area contributed by atoms with Crippen molar-refractivity contribution in [3.8, 4) is 5.75 Å². The molecule has 1 amide bonds. The van der Waals surface area contributed by atoms with Crippen molar-refractivity contribution in [3.05, 3.63) is 64.2 Å². The summed E-state index contributed by atoms with van der Waals surface area (Å²) in [4.78, 5) is 11.3. The highest BCUT2D eigenvalue weighted by Crippen LogP contribution is 2.41. The van der Waals surface area contributed by atoms with Gasteiger partial charge in [-0.1, -0.05) is 83.5 Å². The van der Waals surface area contributed by atoms with E-state index in [1.165, 1.54) is 0 Å². The van der Waals surface area contributed by atoms with Crippen molar-refractivity contribution in [1.82, 2.24) is 0 Å². The van der Waals surface area contributed by atoms with E-state index in [1.54, 1.807) is 12.1 Å². The lowest BCUT2D eigenvalue weighted by Crippen LogP contribution is -2.23. The second-order valence-electron chi connectivity index (χ2n) is 8.97. The van der Waals surface area contributed by atoms with E-state index in [4.69, 9.17) is 26.1 Å². The van der Waals surface area contributed by atoms with Gasteiger partial charge in [-0.05, 0) is 28.5 Å². The van der Waals surface area contributed by atoms with Crippen molar-refractivity contribution in [3.63, 3.8) is 0 Å². The van der Waals surface area contributed by atoms with Crippen LogP contribution >= 0.6 is 11.6 Å². The monoisotopic (exact) mass is 455 g/mol. The zero-order valence-corrected chi connectivity index (χ0v) is 19.8. The van der Waals surface area contributed by atoms with Gasteiger partial charge in [-0.2, -0.15) is 8.42 Å². The molecule has 0 bridgehead atoms. The summed E-state index contributed by atoms with van der Waals surface area (Å²) < 4.78 is 36.6. The van der Waals surface area contributed by atoms with Crippen LogP contribution in [0, 0.1) is 0 Å². The van der Waals surface area contributed by atoms with Crippen molar-refractivity contribution < 1.29 is 21.9 Å². The highest BCUT2D eigenvalue weighted by atomic mass is 35.5. The molecule has 2 aromatic carbocycles. The summed E-state index contributed by atoms with van der Waals surface area (Å²) >= 11 is 5.54. The van der Waals surface area contributed by atoms with Crippen LogP contribution in [0.1, 0.15) is 58.2 Å². The van der Waals surface area contributed by atoms with Gasteiger partial charge in [0.15, 0.2) is 5.75 Å². The zero-order valence-electron chi connectivity index (χ0n) is 18.2. The van der Waals surface area contributed by atoms with E-state index in [9.17, 15) is 13.2 Å². The third kappa shape index (κ3) is 8.73. The Hall–Kier alpha value is -2.09. The van der Waals surface area contributed by atoms with Gasteiger partial charge in [-0.3, -0.25) is 9.35 Å². The highest BCUT2D eigenvalue weighted by Gasteiger charge is 2.30. The fourth-order valence-corrected chi connectivity index (χ4v) is 3.25. The minimum atomic E-state index is -4.67. The number of halogens is 1. The standard InChI is InChI=1S/C16H25NO5S.C6H5Cl/c1-15(2,3)11-7-10(9-13(17)18)8-12(16(4,5)6)14(11)22-23(19,20)21;7-6-4-2-1-3-5-6/h7-8H,9H2,1-6H3,(H2,17,18)(H,19,20,21);1-5H. The molecule has 0 saturated heterocycles. The summed E-state index contributed by atoms with van der Waals surface area (Å²) in [5.41, 5.74) is 6.19. The van der Waals surface area contributed by atoms with Crippen LogP contribution in [0.2, 0.25) is 5.02 Å². The summed E-state index contributed by atoms with van der Waals surface area (Å²) in [5, 5.41) is 0.794. The first-order valence-electron chi connectivity index (χ1n) is 9.34. The number of nitrogens with two attached hydrogens (primary N) is 1. The molecule has 0 saturated carbocycles. The van der Waals surface area contributed by atoms with Crippen molar-refractivity contribution in [2.24, 2.45) is 5.73 Å². The summed E-state index contributed by atoms with van der Waals surface area (Å²) in [5.74, 6) is -0.381.